The number of nitrogens with two attached hydrogens (primary N) is 1. The van der Waals surface area contributed by atoms with Gasteiger partial charge in [-0.3, -0.25) is 14.4 Å². The quantitative estimate of drug-likeness (QED) is 0.355. The summed E-state index contributed by atoms with van der Waals surface area (Å²) in [6.07, 6.45) is 9.26. The van der Waals surface area contributed by atoms with E-state index in [-0.39, 0.29) is 35.9 Å². The molecule has 0 aliphatic heterocycles. The molecule has 0 bridgehead atoms. The number of allylic oxidation sites excluding steroid dienone is 4. The molecule has 0 unspecified atom stereocenters. The summed E-state index contributed by atoms with van der Waals surface area (Å²) in [6.45, 7) is 6.31. The third-order valence-corrected chi connectivity index (χ3v) is 9.88. The van der Waals surface area contributed by atoms with Gasteiger partial charge in [0.15, 0.2) is 12.4 Å². The zero-order valence-electron chi connectivity index (χ0n) is 21.3. The molecule has 8 atom stereocenters. The normalized spacial score (nSPS) is 42.1. The first-order chi connectivity index (χ1) is 16.5. The van der Waals surface area contributed by atoms with Gasteiger partial charge in [-0.2, -0.15) is 0 Å². The van der Waals surface area contributed by atoms with E-state index in [0.717, 1.165) is 24.8 Å². The smallest absolute Gasteiger partial charge is 0.306 e. The topological polar surface area (TPSA) is 127 Å². The van der Waals surface area contributed by atoms with Gasteiger partial charge in [0.05, 0.1) is 6.10 Å². The minimum Gasteiger partial charge on any atom is -0.458 e. The molecule has 4 rings (SSSR count). The number of aliphatic hydroxyl groups excluding tert-OH is 1. The van der Waals surface area contributed by atoms with E-state index < -0.39 is 40.9 Å². The Balaban J connectivity index is 1.51. The van der Waals surface area contributed by atoms with Gasteiger partial charge in [-0.1, -0.05) is 38.8 Å². The number of unbranched alkanes of at least 4 members (excludes halogenated alkanes) is 2. The number of rotatable bonds is 8. The number of carbonyl (C=O) groups is 3. The maximum atomic E-state index is 13.3. The van der Waals surface area contributed by atoms with Crippen LogP contribution >= 0.6 is 0 Å². The SMILES string of the molecule is C[C@H]1C[C@@H]2[C@H]([C@@H](O)C[C@@]3(C)[C@H]2CC[C@]3(O)C(=O)COC(=O)CCCCCN)[C@@]2(C)C=CC(=O)C=C12. The third-order valence-electron chi connectivity index (χ3n) is 9.88. The third kappa shape index (κ3) is 4.23. The second-order valence-electron chi connectivity index (χ2n) is 11.8. The van der Waals surface area contributed by atoms with E-state index in [2.05, 4.69) is 13.8 Å². The Bertz CT molecular complexity index is 942. The summed E-state index contributed by atoms with van der Waals surface area (Å²) >= 11 is 0. The molecule has 4 aliphatic carbocycles. The molecule has 0 radical (unpaired) electrons. The van der Waals surface area contributed by atoms with Crippen molar-refractivity contribution in [3.05, 3.63) is 23.8 Å². The number of ether oxygens (including phenoxy) is 1. The Hall–Kier alpha value is -1.83. The van der Waals surface area contributed by atoms with Crippen molar-refractivity contribution < 1.29 is 29.3 Å². The van der Waals surface area contributed by atoms with Crippen LogP contribution < -0.4 is 5.73 Å². The average Bonchev–Trinajstić information content (AvgIpc) is 3.07. The molecule has 0 aromatic carbocycles. The van der Waals surface area contributed by atoms with Crippen molar-refractivity contribution in [3.8, 4) is 0 Å². The van der Waals surface area contributed by atoms with Crippen LogP contribution in [0.2, 0.25) is 0 Å². The van der Waals surface area contributed by atoms with Crippen LogP contribution in [0.4, 0.5) is 0 Å². The molecule has 4 N–H and O–H groups in total. The largest absolute Gasteiger partial charge is 0.458 e. The fourth-order valence-electron chi connectivity index (χ4n) is 8.14. The first kappa shape index (κ1) is 26.2. The average molecular weight is 488 g/mol. The van der Waals surface area contributed by atoms with Crippen LogP contribution in [-0.2, 0) is 19.1 Å². The van der Waals surface area contributed by atoms with E-state index in [1.807, 2.05) is 13.0 Å². The molecule has 0 spiro atoms. The number of hydrogen-bond acceptors (Lipinski definition) is 7. The van der Waals surface area contributed by atoms with Crippen LogP contribution in [0.25, 0.3) is 0 Å². The highest BCUT2D eigenvalue weighted by atomic mass is 16.5. The van der Waals surface area contributed by atoms with E-state index >= 15 is 0 Å². The van der Waals surface area contributed by atoms with Crippen LogP contribution in [0, 0.1) is 34.5 Å². The minimum absolute atomic E-state index is 0.00678. The monoisotopic (exact) mass is 487 g/mol. The lowest BCUT2D eigenvalue weighted by molar-refractivity contribution is -0.182. The number of Topliss-reactive ketones (excluding diaryl/α,β-unsaturated/α-hetero) is 1. The standard InChI is InChI=1S/C28H41NO6/c1-17-13-19-20-9-11-28(34,23(32)16-35-24(33)7-5-4-6-12-29)27(20,3)15-22(31)25(19)26(2)10-8-18(30)14-21(17)26/h8,10,14,17,19-20,22,25,31,34H,4-7,9,11-13,15-16,29H2,1-3H3/t17-,19-,20-,22-,25+,26-,27-,28-/m0/s1. The molecule has 3 fully saturated rings. The van der Waals surface area contributed by atoms with Gasteiger partial charge in [-0.15, -0.1) is 0 Å². The number of esters is 1. The van der Waals surface area contributed by atoms with Crippen molar-refractivity contribution in [3.63, 3.8) is 0 Å². The summed E-state index contributed by atoms with van der Waals surface area (Å²) in [7, 11) is 0. The lowest BCUT2D eigenvalue weighted by Gasteiger charge is -2.60. The van der Waals surface area contributed by atoms with Crippen molar-refractivity contribution in [1.29, 1.82) is 0 Å². The maximum Gasteiger partial charge on any atom is 0.306 e. The van der Waals surface area contributed by atoms with Gasteiger partial charge in [0.25, 0.3) is 0 Å². The Morgan fingerprint density at radius 1 is 1.23 bits per heavy atom. The maximum absolute atomic E-state index is 13.3. The Morgan fingerprint density at radius 2 is 1.97 bits per heavy atom. The lowest BCUT2D eigenvalue weighted by atomic mass is 9.45. The summed E-state index contributed by atoms with van der Waals surface area (Å²) in [4.78, 5) is 37.5. The second-order valence-corrected chi connectivity index (χ2v) is 11.8. The van der Waals surface area contributed by atoms with Gasteiger partial charge in [0.1, 0.15) is 5.60 Å². The van der Waals surface area contributed by atoms with E-state index in [1.165, 1.54) is 0 Å². The molecule has 7 nitrogen and oxygen atoms in total. The predicted molar refractivity (Wildman–Crippen MR) is 131 cm³/mol. The van der Waals surface area contributed by atoms with Gasteiger partial charge in [-0.05, 0) is 75.0 Å². The molecular formula is C28H41NO6. The lowest BCUT2D eigenvalue weighted by Crippen LogP contribution is -2.62. The van der Waals surface area contributed by atoms with Crippen molar-refractivity contribution in [2.75, 3.05) is 13.2 Å². The molecule has 4 aliphatic rings. The highest BCUT2D eigenvalue weighted by Crippen LogP contribution is 2.67. The van der Waals surface area contributed by atoms with Crippen LogP contribution in [0.5, 0.6) is 0 Å². The van der Waals surface area contributed by atoms with Gasteiger partial charge >= 0.3 is 5.97 Å². The van der Waals surface area contributed by atoms with E-state index in [1.54, 1.807) is 12.2 Å². The zero-order chi connectivity index (χ0) is 25.6. The molecule has 0 heterocycles. The van der Waals surface area contributed by atoms with Gasteiger partial charge < -0.3 is 20.7 Å². The van der Waals surface area contributed by atoms with Crippen LogP contribution in [0.3, 0.4) is 0 Å². The number of hydrogen-bond donors (Lipinski definition) is 3. The first-order valence-electron chi connectivity index (χ1n) is 13.2. The summed E-state index contributed by atoms with van der Waals surface area (Å²) in [5.74, 6) is -0.635. The van der Waals surface area contributed by atoms with E-state index in [9.17, 15) is 24.6 Å². The van der Waals surface area contributed by atoms with Gasteiger partial charge in [0, 0.05) is 23.2 Å². The molecule has 0 aromatic rings. The van der Waals surface area contributed by atoms with Crippen molar-refractivity contribution in [2.24, 2.45) is 40.2 Å². The van der Waals surface area contributed by atoms with Crippen LogP contribution in [-0.4, -0.2) is 52.6 Å². The molecular weight excluding hydrogens is 446 g/mol. The first-order valence-corrected chi connectivity index (χ1v) is 13.2. The summed E-state index contributed by atoms with van der Waals surface area (Å²) in [5.41, 5.74) is 3.70. The summed E-state index contributed by atoms with van der Waals surface area (Å²) in [6, 6.07) is 0. The number of aliphatic hydroxyl groups is 2. The molecule has 7 heteroatoms. The second kappa shape index (κ2) is 9.56. The fraction of sp³-hybridized carbons (Fsp3) is 0.750. The van der Waals surface area contributed by atoms with E-state index in [0.29, 0.717) is 32.2 Å². The molecule has 0 saturated heterocycles. The number of ketones is 2. The summed E-state index contributed by atoms with van der Waals surface area (Å²) in [5, 5.41) is 23.2. The van der Waals surface area contributed by atoms with Crippen molar-refractivity contribution in [1.82, 2.24) is 0 Å². The van der Waals surface area contributed by atoms with Gasteiger partial charge in [0.2, 0.25) is 5.78 Å². The number of fused-ring (bicyclic) bond motifs is 5. The van der Waals surface area contributed by atoms with Crippen LogP contribution in [0.15, 0.2) is 23.8 Å². The molecule has 0 amide bonds. The summed E-state index contributed by atoms with van der Waals surface area (Å²) < 4.78 is 5.24. The molecule has 0 aromatic heterocycles. The van der Waals surface area contributed by atoms with E-state index in [4.69, 9.17) is 10.5 Å². The highest BCUT2D eigenvalue weighted by molar-refractivity contribution is 6.01. The Kier molecular flexibility index (Phi) is 7.17. The molecule has 194 valence electrons. The predicted octanol–water partition coefficient (Wildman–Crippen LogP) is 2.87. The Labute approximate surface area is 208 Å². The molecule has 3 saturated carbocycles. The van der Waals surface area contributed by atoms with Crippen molar-refractivity contribution >= 4 is 17.5 Å². The Morgan fingerprint density at radius 3 is 2.69 bits per heavy atom. The number of carbonyl (C=O) groups excluding carboxylic acids is 3. The highest BCUT2D eigenvalue weighted by Gasteiger charge is 2.68. The van der Waals surface area contributed by atoms with Crippen molar-refractivity contribution in [2.45, 2.75) is 83.8 Å². The zero-order valence-corrected chi connectivity index (χ0v) is 21.3. The minimum atomic E-state index is -1.64. The van der Waals surface area contributed by atoms with Crippen LogP contribution in [0.1, 0.15) is 72.1 Å². The fourth-order valence-corrected chi connectivity index (χ4v) is 8.14. The van der Waals surface area contributed by atoms with Gasteiger partial charge in [-0.25, -0.2) is 0 Å². The molecule has 35 heavy (non-hydrogen) atoms.